The van der Waals surface area contributed by atoms with Crippen molar-refractivity contribution < 1.29 is 8.78 Å². The SMILES string of the molecule is CCC1CCC(C#N)(Cc2c(F)ccc(Br)c2F)CC1. The van der Waals surface area contributed by atoms with Gasteiger partial charge in [0.15, 0.2) is 0 Å². The fourth-order valence-electron chi connectivity index (χ4n) is 3.04. The summed E-state index contributed by atoms with van der Waals surface area (Å²) in [6.07, 6.45) is 4.68. The summed E-state index contributed by atoms with van der Waals surface area (Å²) in [6.45, 7) is 2.15. The van der Waals surface area contributed by atoms with Gasteiger partial charge in [-0.25, -0.2) is 8.78 Å². The van der Waals surface area contributed by atoms with Crippen molar-refractivity contribution in [2.75, 3.05) is 0 Å². The first kappa shape index (κ1) is 15.4. The Morgan fingerprint density at radius 3 is 2.55 bits per heavy atom. The Hall–Kier alpha value is -0.950. The minimum Gasteiger partial charge on any atom is -0.207 e. The summed E-state index contributed by atoms with van der Waals surface area (Å²) in [5.74, 6) is -0.483. The van der Waals surface area contributed by atoms with E-state index in [0.717, 1.165) is 32.1 Å². The number of nitriles is 1. The van der Waals surface area contributed by atoms with Gasteiger partial charge in [0.25, 0.3) is 0 Å². The predicted molar refractivity (Wildman–Crippen MR) is 78.1 cm³/mol. The second-order valence-electron chi connectivity index (χ2n) is 5.74. The number of benzene rings is 1. The topological polar surface area (TPSA) is 23.8 Å². The van der Waals surface area contributed by atoms with Gasteiger partial charge in [-0.1, -0.05) is 13.3 Å². The van der Waals surface area contributed by atoms with Gasteiger partial charge in [0, 0.05) is 5.56 Å². The highest BCUT2D eigenvalue weighted by atomic mass is 79.9. The summed E-state index contributed by atoms with van der Waals surface area (Å²) in [4.78, 5) is 0. The fourth-order valence-corrected chi connectivity index (χ4v) is 3.41. The maximum Gasteiger partial charge on any atom is 0.143 e. The van der Waals surface area contributed by atoms with Crippen LogP contribution in [0.25, 0.3) is 0 Å². The van der Waals surface area contributed by atoms with Crippen LogP contribution in [0.1, 0.15) is 44.6 Å². The molecule has 20 heavy (non-hydrogen) atoms. The van der Waals surface area contributed by atoms with E-state index >= 15 is 0 Å². The van der Waals surface area contributed by atoms with E-state index in [1.165, 1.54) is 12.1 Å². The molecule has 1 fully saturated rings. The molecular weight excluding hydrogens is 324 g/mol. The maximum atomic E-state index is 14.1. The molecule has 1 aliphatic carbocycles. The van der Waals surface area contributed by atoms with Crippen LogP contribution in [0, 0.1) is 34.3 Å². The summed E-state index contributed by atoms with van der Waals surface area (Å²) in [6, 6.07) is 4.95. The highest BCUT2D eigenvalue weighted by Crippen LogP contribution is 2.43. The van der Waals surface area contributed by atoms with E-state index in [2.05, 4.69) is 28.9 Å². The zero-order valence-electron chi connectivity index (χ0n) is 11.6. The fraction of sp³-hybridized carbons (Fsp3) is 0.562. The van der Waals surface area contributed by atoms with Crippen LogP contribution in [0.2, 0.25) is 0 Å². The molecular formula is C16H18BrF2N. The van der Waals surface area contributed by atoms with E-state index < -0.39 is 17.0 Å². The standard InChI is InChI=1S/C16H18BrF2N/c1-2-11-5-7-16(10-20,8-6-11)9-12-14(18)4-3-13(17)15(12)19/h3-4,11H,2,5-9H2,1H3. The molecule has 1 saturated carbocycles. The molecule has 0 aromatic heterocycles. The number of hydrogen-bond donors (Lipinski definition) is 0. The third-order valence-electron chi connectivity index (χ3n) is 4.53. The van der Waals surface area contributed by atoms with E-state index in [1.807, 2.05) is 0 Å². The zero-order valence-corrected chi connectivity index (χ0v) is 13.1. The average molecular weight is 342 g/mol. The van der Waals surface area contributed by atoms with Crippen LogP contribution >= 0.6 is 15.9 Å². The molecule has 4 heteroatoms. The number of nitrogens with zero attached hydrogens (tertiary/aromatic N) is 1. The van der Waals surface area contributed by atoms with Gasteiger partial charge >= 0.3 is 0 Å². The van der Waals surface area contributed by atoms with Crippen molar-refractivity contribution in [3.05, 3.63) is 33.8 Å². The van der Waals surface area contributed by atoms with E-state index in [1.54, 1.807) is 0 Å². The summed E-state index contributed by atoms with van der Waals surface area (Å²) in [5, 5.41) is 9.51. The van der Waals surface area contributed by atoms with Gasteiger partial charge in [0.1, 0.15) is 11.6 Å². The summed E-state index contributed by atoms with van der Waals surface area (Å²) < 4.78 is 28.2. The second kappa shape index (κ2) is 6.22. The molecule has 0 atom stereocenters. The molecule has 0 unspecified atom stereocenters. The smallest absolute Gasteiger partial charge is 0.143 e. The molecule has 0 aliphatic heterocycles. The Morgan fingerprint density at radius 1 is 1.35 bits per heavy atom. The first-order valence-electron chi connectivity index (χ1n) is 7.05. The Balaban J connectivity index is 2.24. The number of hydrogen-bond acceptors (Lipinski definition) is 1. The Kier molecular flexibility index (Phi) is 4.80. The van der Waals surface area contributed by atoms with E-state index in [-0.39, 0.29) is 16.5 Å². The van der Waals surface area contributed by atoms with Crippen LogP contribution in [0.5, 0.6) is 0 Å². The third-order valence-corrected chi connectivity index (χ3v) is 5.14. The van der Waals surface area contributed by atoms with Gasteiger partial charge in [-0.3, -0.25) is 0 Å². The summed E-state index contributed by atoms with van der Waals surface area (Å²) in [7, 11) is 0. The highest BCUT2D eigenvalue weighted by Gasteiger charge is 2.36. The van der Waals surface area contributed by atoms with Crippen molar-refractivity contribution in [3.63, 3.8) is 0 Å². The van der Waals surface area contributed by atoms with Crippen LogP contribution in [0.4, 0.5) is 8.78 Å². The molecule has 0 bridgehead atoms. The van der Waals surface area contributed by atoms with Gasteiger partial charge < -0.3 is 0 Å². The lowest BCUT2D eigenvalue weighted by atomic mass is 9.68. The molecule has 1 nitrogen and oxygen atoms in total. The molecule has 1 aromatic rings. The second-order valence-corrected chi connectivity index (χ2v) is 6.60. The Morgan fingerprint density at radius 2 is 2.00 bits per heavy atom. The Bertz CT molecular complexity index is 528. The van der Waals surface area contributed by atoms with Crippen molar-refractivity contribution >= 4 is 15.9 Å². The lowest BCUT2D eigenvalue weighted by Gasteiger charge is -2.35. The minimum atomic E-state index is -0.617. The van der Waals surface area contributed by atoms with Gasteiger partial charge in [0.2, 0.25) is 0 Å². The normalized spacial score (nSPS) is 26.2. The van der Waals surface area contributed by atoms with Crippen molar-refractivity contribution in [1.29, 1.82) is 5.26 Å². The first-order chi connectivity index (χ1) is 9.51. The molecule has 0 amide bonds. The molecule has 0 heterocycles. The molecule has 0 N–H and O–H groups in total. The summed E-state index contributed by atoms with van der Waals surface area (Å²) >= 11 is 3.08. The first-order valence-corrected chi connectivity index (χ1v) is 7.84. The predicted octanol–water partition coefficient (Wildman–Crippen LogP) is 5.38. The van der Waals surface area contributed by atoms with Gasteiger partial charge in [0.05, 0.1) is 16.0 Å². The molecule has 0 spiro atoms. The Labute approximate surface area is 127 Å². The van der Waals surface area contributed by atoms with Crippen molar-refractivity contribution in [2.45, 2.75) is 45.4 Å². The molecule has 1 aliphatic rings. The van der Waals surface area contributed by atoms with Crippen LogP contribution in [-0.4, -0.2) is 0 Å². The van der Waals surface area contributed by atoms with Crippen LogP contribution in [0.3, 0.4) is 0 Å². The summed E-state index contributed by atoms with van der Waals surface area (Å²) in [5.41, 5.74) is -0.579. The number of rotatable bonds is 3. The van der Waals surface area contributed by atoms with E-state index in [4.69, 9.17) is 0 Å². The van der Waals surface area contributed by atoms with Crippen LogP contribution in [0.15, 0.2) is 16.6 Å². The molecule has 108 valence electrons. The van der Waals surface area contributed by atoms with Gasteiger partial charge in [-0.2, -0.15) is 5.26 Å². The van der Waals surface area contributed by atoms with Crippen LogP contribution in [-0.2, 0) is 6.42 Å². The lowest BCUT2D eigenvalue weighted by molar-refractivity contribution is 0.202. The van der Waals surface area contributed by atoms with Crippen molar-refractivity contribution in [2.24, 2.45) is 11.3 Å². The average Bonchev–Trinajstić information content (AvgIpc) is 2.48. The van der Waals surface area contributed by atoms with Gasteiger partial charge in [-0.05, 0) is 66.1 Å². The highest BCUT2D eigenvalue weighted by molar-refractivity contribution is 9.10. The lowest BCUT2D eigenvalue weighted by Crippen LogP contribution is -2.29. The van der Waals surface area contributed by atoms with E-state index in [0.29, 0.717) is 5.92 Å². The van der Waals surface area contributed by atoms with Gasteiger partial charge in [-0.15, -0.1) is 0 Å². The maximum absolute atomic E-state index is 14.1. The third kappa shape index (κ3) is 3.03. The zero-order chi connectivity index (χ0) is 14.8. The molecule has 0 radical (unpaired) electrons. The monoisotopic (exact) mass is 341 g/mol. The molecule has 1 aromatic carbocycles. The largest absolute Gasteiger partial charge is 0.207 e. The quantitative estimate of drug-likeness (QED) is 0.677. The number of halogens is 3. The van der Waals surface area contributed by atoms with Crippen LogP contribution < -0.4 is 0 Å². The van der Waals surface area contributed by atoms with E-state index in [9.17, 15) is 14.0 Å². The molecule has 0 saturated heterocycles. The van der Waals surface area contributed by atoms with Crippen molar-refractivity contribution in [1.82, 2.24) is 0 Å². The molecule has 2 rings (SSSR count). The van der Waals surface area contributed by atoms with Crippen molar-refractivity contribution in [3.8, 4) is 6.07 Å². The minimum absolute atomic E-state index is 0.0378.